The van der Waals surface area contributed by atoms with Crippen molar-refractivity contribution in [3.05, 3.63) is 59.5 Å². The van der Waals surface area contributed by atoms with E-state index in [1.807, 2.05) is 0 Å². The van der Waals surface area contributed by atoms with Gasteiger partial charge in [0.15, 0.2) is 0 Å². The van der Waals surface area contributed by atoms with Crippen molar-refractivity contribution in [2.75, 3.05) is 0 Å². The molecule has 6 heteroatoms. The fourth-order valence-corrected chi connectivity index (χ4v) is 2.63. The molecule has 1 saturated carbocycles. The number of benzene rings is 1. The van der Waals surface area contributed by atoms with Gasteiger partial charge < -0.3 is 9.73 Å². The lowest BCUT2D eigenvalue weighted by atomic mass is 10.0. The molecule has 0 aliphatic heterocycles. The molecule has 1 amide bonds. The van der Waals surface area contributed by atoms with Crippen LogP contribution in [0.1, 0.15) is 29.2 Å². The first-order chi connectivity index (χ1) is 10.5. The largest absolute Gasteiger partial charge is 0.467 e. The fraction of sp³-hybridized carbons (Fsp3) is 0.312. The molecule has 1 aromatic heterocycles. The molecule has 2 aromatic rings. The van der Waals surface area contributed by atoms with Gasteiger partial charge in [0.05, 0.1) is 18.4 Å². The molecule has 2 unspecified atom stereocenters. The van der Waals surface area contributed by atoms with Gasteiger partial charge in [-0.25, -0.2) is 0 Å². The number of carbonyl (C=O) groups excluding carboxylic acids is 1. The van der Waals surface area contributed by atoms with Crippen LogP contribution in [-0.4, -0.2) is 5.91 Å². The molecule has 1 aromatic carbocycles. The number of rotatable bonds is 4. The molecule has 0 bridgehead atoms. The molecule has 3 rings (SSSR count). The summed E-state index contributed by atoms with van der Waals surface area (Å²) in [4.78, 5) is 12.0. The quantitative estimate of drug-likeness (QED) is 0.935. The minimum absolute atomic E-state index is 0.202. The van der Waals surface area contributed by atoms with Crippen molar-refractivity contribution >= 4 is 5.91 Å². The van der Waals surface area contributed by atoms with Crippen LogP contribution in [0.5, 0.6) is 0 Å². The smallest absolute Gasteiger partial charge is 0.416 e. The van der Waals surface area contributed by atoms with Gasteiger partial charge in [0, 0.05) is 5.92 Å². The first-order valence-corrected chi connectivity index (χ1v) is 6.93. The summed E-state index contributed by atoms with van der Waals surface area (Å²) < 4.78 is 44.1. The summed E-state index contributed by atoms with van der Waals surface area (Å²) in [6.07, 6.45) is -2.45. The minimum Gasteiger partial charge on any atom is -0.467 e. The molecular formula is C16H14F3NO2. The zero-order chi connectivity index (χ0) is 15.7. The van der Waals surface area contributed by atoms with E-state index >= 15 is 0 Å². The zero-order valence-electron chi connectivity index (χ0n) is 11.6. The number of furan rings is 1. The Hall–Kier alpha value is -2.24. The van der Waals surface area contributed by atoms with Crippen LogP contribution in [0.2, 0.25) is 0 Å². The summed E-state index contributed by atoms with van der Waals surface area (Å²) in [7, 11) is 0. The maximum absolute atomic E-state index is 13.0. The Morgan fingerprint density at radius 1 is 1.23 bits per heavy atom. The predicted octanol–water partition coefficient (Wildman–Crippen LogP) is 3.72. The molecule has 1 heterocycles. The molecule has 0 saturated heterocycles. The van der Waals surface area contributed by atoms with Crippen molar-refractivity contribution in [1.82, 2.24) is 5.32 Å². The average Bonchev–Trinajstić information content (AvgIpc) is 3.11. The first-order valence-electron chi connectivity index (χ1n) is 6.93. The van der Waals surface area contributed by atoms with Crippen LogP contribution >= 0.6 is 0 Å². The van der Waals surface area contributed by atoms with Crippen molar-refractivity contribution in [2.45, 2.75) is 25.1 Å². The highest BCUT2D eigenvalue weighted by Gasteiger charge is 2.47. The highest BCUT2D eigenvalue weighted by Crippen LogP contribution is 2.51. The third-order valence-electron chi connectivity index (χ3n) is 3.81. The summed E-state index contributed by atoms with van der Waals surface area (Å²) in [6, 6.07) is 8.88. The lowest BCUT2D eigenvalue weighted by molar-refractivity contribution is -0.138. The van der Waals surface area contributed by atoms with Gasteiger partial charge in [0.1, 0.15) is 5.76 Å². The van der Waals surface area contributed by atoms with Crippen molar-refractivity contribution in [1.29, 1.82) is 0 Å². The lowest BCUT2D eigenvalue weighted by Crippen LogP contribution is -2.24. The number of alkyl halides is 3. The Kier molecular flexibility index (Phi) is 3.68. The van der Waals surface area contributed by atoms with Crippen LogP contribution in [0, 0.1) is 5.92 Å². The first kappa shape index (κ1) is 14.7. The van der Waals surface area contributed by atoms with E-state index in [0.717, 1.165) is 6.07 Å². The third-order valence-corrected chi connectivity index (χ3v) is 3.81. The summed E-state index contributed by atoms with van der Waals surface area (Å²) in [5, 5.41) is 2.69. The highest BCUT2D eigenvalue weighted by atomic mass is 19.4. The molecule has 116 valence electrons. The maximum atomic E-state index is 13.0. The topological polar surface area (TPSA) is 42.2 Å². The van der Waals surface area contributed by atoms with Crippen LogP contribution in [0.25, 0.3) is 0 Å². The van der Waals surface area contributed by atoms with Crippen LogP contribution in [0.15, 0.2) is 47.1 Å². The minimum atomic E-state index is -4.39. The van der Waals surface area contributed by atoms with E-state index in [2.05, 4.69) is 5.32 Å². The van der Waals surface area contributed by atoms with E-state index in [9.17, 15) is 18.0 Å². The molecule has 2 atom stereocenters. The van der Waals surface area contributed by atoms with Gasteiger partial charge >= 0.3 is 6.18 Å². The average molecular weight is 309 g/mol. The molecular weight excluding hydrogens is 295 g/mol. The van der Waals surface area contributed by atoms with Gasteiger partial charge in [0.25, 0.3) is 0 Å². The molecule has 1 fully saturated rings. The lowest BCUT2D eigenvalue weighted by Gasteiger charge is -2.12. The van der Waals surface area contributed by atoms with Crippen LogP contribution < -0.4 is 5.32 Å². The molecule has 1 aliphatic rings. The second-order valence-electron chi connectivity index (χ2n) is 5.33. The van der Waals surface area contributed by atoms with Gasteiger partial charge in [-0.1, -0.05) is 18.2 Å². The Morgan fingerprint density at radius 3 is 2.68 bits per heavy atom. The second kappa shape index (κ2) is 5.51. The molecule has 1 aliphatic carbocycles. The van der Waals surface area contributed by atoms with E-state index in [1.54, 1.807) is 18.2 Å². The van der Waals surface area contributed by atoms with E-state index in [4.69, 9.17) is 4.42 Å². The Bertz CT molecular complexity index is 664. The van der Waals surface area contributed by atoms with E-state index < -0.39 is 17.7 Å². The number of nitrogens with one attached hydrogen (secondary N) is 1. The van der Waals surface area contributed by atoms with Gasteiger partial charge in [-0.15, -0.1) is 0 Å². The summed E-state index contributed by atoms with van der Waals surface area (Å²) in [5.74, 6) is -0.396. The molecule has 1 N–H and O–H groups in total. The Morgan fingerprint density at radius 2 is 2.00 bits per heavy atom. The normalized spacial score (nSPS) is 20.7. The van der Waals surface area contributed by atoms with Crippen molar-refractivity contribution in [3.8, 4) is 0 Å². The van der Waals surface area contributed by atoms with Gasteiger partial charge in [0.2, 0.25) is 5.91 Å². The van der Waals surface area contributed by atoms with Crippen molar-refractivity contribution < 1.29 is 22.4 Å². The van der Waals surface area contributed by atoms with Gasteiger partial charge in [-0.2, -0.15) is 13.2 Å². The zero-order valence-corrected chi connectivity index (χ0v) is 11.6. The molecule has 3 nitrogen and oxygen atoms in total. The van der Waals surface area contributed by atoms with Crippen LogP contribution in [-0.2, 0) is 17.5 Å². The van der Waals surface area contributed by atoms with Crippen LogP contribution in [0.3, 0.4) is 0 Å². The number of hydrogen-bond acceptors (Lipinski definition) is 2. The Balaban J connectivity index is 1.66. The number of carbonyl (C=O) groups is 1. The van der Waals surface area contributed by atoms with Crippen molar-refractivity contribution in [2.24, 2.45) is 5.92 Å². The second-order valence-corrected chi connectivity index (χ2v) is 5.33. The van der Waals surface area contributed by atoms with Gasteiger partial charge in [-0.3, -0.25) is 4.79 Å². The van der Waals surface area contributed by atoms with Crippen LogP contribution in [0.4, 0.5) is 13.2 Å². The highest BCUT2D eigenvalue weighted by molar-refractivity contribution is 5.83. The fourth-order valence-electron chi connectivity index (χ4n) is 2.63. The number of hydrogen-bond donors (Lipinski definition) is 1. The Labute approximate surface area is 125 Å². The summed E-state index contributed by atoms with van der Waals surface area (Å²) in [5.41, 5.74) is -0.450. The van der Waals surface area contributed by atoms with E-state index in [-0.39, 0.29) is 23.9 Å². The van der Waals surface area contributed by atoms with Crippen molar-refractivity contribution in [3.63, 3.8) is 0 Å². The summed E-state index contributed by atoms with van der Waals surface area (Å²) >= 11 is 0. The molecule has 0 spiro atoms. The number of amides is 1. The van der Waals surface area contributed by atoms with E-state index in [0.29, 0.717) is 12.2 Å². The standard InChI is InChI=1S/C16H14F3NO2/c17-16(18,19)14-6-2-1-5-11(14)12-8-13(12)15(21)20-9-10-4-3-7-22-10/h1-7,12-13H,8-9H2,(H,20,21). The monoisotopic (exact) mass is 309 g/mol. The summed E-state index contributed by atoms with van der Waals surface area (Å²) in [6.45, 7) is 0.246. The van der Waals surface area contributed by atoms with Gasteiger partial charge in [-0.05, 0) is 36.1 Å². The van der Waals surface area contributed by atoms with E-state index in [1.165, 1.54) is 18.4 Å². The predicted molar refractivity (Wildman–Crippen MR) is 72.8 cm³/mol. The maximum Gasteiger partial charge on any atom is 0.416 e. The number of halogens is 3. The molecule has 22 heavy (non-hydrogen) atoms. The SMILES string of the molecule is O=C(NCc1ccco1)C1CC1c1ccccc1C(F)(F)F. The third kappa shape index (κ3) is 3.00. The molecule has 0 radical (unpaired) electrons.